The molecule has 14 heavy (non-hydrogen) atoms. The van der Waals surface area contributed by atoms with E-state index in [1.165, 1.54) is 0 Å². The summed E-state index contributed by atoms with van der Waals surface area (Å²) in [6.07, 6.45) is 3.93. The predicted molar refractivity (Wildman–Crippen MR) is 55.8 cm³/mol. The molecule has 1 unspecified atom stereocenters. The van der Waals surface area contributed by atoms with Crippen LogP contribution in [0.15, 0.2) is 0 Å². The summed E-state index contributed by atoms with van der Waals surface area (Å²) in [4.78, 5) is 0. The van der Waals surface area contributed by atoms with Crippen molar-refractivity contribution < 1.29 is 18.1 Å². The van der Waals surface area contributed by atoms with Crippen molar-refractivity contribution in [2.75, 3.05) is 6.61 Å². The smallest absolute Gasteiger partial charge is 0.267 e. The molecule has 0 aromatic heterocycles. The average Bonchev–Trinajstić information content (AvgIpc) is 2.09. The Balaban J connectivity index is 3.99. The lowest BCUT2D eigenvalue weighted by atomic mass is 10.1. The van der Waals surface area contributed by atoms with Gasteiger partial charge in [0.1, 0.15) is 0 Å². The second-order valence-corrected chi connectivity index (χ2v) is 5.20. The maximum atomic E-state index is 10.9. The van der Waals surface area contributed by atoms with Crippen LogP contribution in [0.4, 0.5) is 0 Å². The van der Waals surface area contributed by atoms with Crippen LogP contribution in [0.25, 0.3) is 0 Å². The lowest BCUT2D eigenvalue weighted by Gasteiger charge is -2.12. The summed E-state index contributed by atoms with van der Waals surface area (Å²) in [6, 6.07) is 0. The second-order valence-electron chi connectivity index (χ2n) is 3.50. The molecule has 0 bridgehead atoms. The van der Waals surface area contributed by atoms with E-state index in [0.717, 1.165) is 12.8 Å². The molecule has 0 fully saturated rings. The van der Waals surface area contributed by atoms with Gasteiger partial charge in [-0.25, -0.2) is 0 Å². The Bertz CT molecular complexity index is 223. The minimum absolute atomic E-state index is 0.0754. The fourth-order valence-electron chi connectivity index (χ4n) is 1.36. The Labute approximate surface area is 86.1 Å². The van der Waals surface area contributed by atoms with Gasteiger partial charge in [0.2, 0.25) is 0 Å². The van der Waals surface area contributed by atoms with E-state index < -0.39 is 15.4 Å². The summed E-state index contributed by atoms with van der Waals surface area (Å²) in [5, 5.41) is 7.90. The number of unbranched alkanes of at least 4 members (excludes halogenated alkanes) is 2. The zero-order valence-corrected chi connectivity index (χ0v) is 9.46. The first-order valence-corrected chi connectivity index (χ1v) is 6.59. The second kappa shape index (κ2) is 7.20. The van der Waals surface area contributed by atoms with Crippen molar-refractivity contribution in [2.24, 2.45) is 0 Å². The molecule has 0 rings (SSSR count). The monoisotopic (exact) mass is 224 g/mol. The zero-order valence-electron chi connectivity index (χ0n) is 8.65. The number of rotatable bonds is 8. The first-order chi connectivity index (χ1) is 6.52. The van der Waals surface area contributed by atoms with Crippen molar-refractivity contribution in [1.82, 2.24) is 0 Å². The van der Waals surface area contributed by atoms with E-state index in [1.54, 1.807) is 0 Å². The van der Waals surface area contributed by atoms with E-state index in [1.807, 2.05) is 6.92 Å². The third-order valence-electron chi connectivity index (χ3n) is 2.24. The molecule has 2 N–H and O–H groups in total. The highest BCUT2D eigenvalue weighted by molar-refractivity contribution is 7.86. The molecule has 0 saturated heterocycles. The molecular formula is C9H20O4S. The summed E-state index contributed by atoms with van der Waals surface area (Å²) >= 11 is 0. The molecule has 0 spiro atoms. The SMILES string of the molecule is CCCCC(CCCCO)S(=O)(=O)O. The molecule has 0 aliphatic carbocycles. The Hall–Kier alpha value is -0.130. The van der Waals surface area contributed by atoms with E-state index in [0.29, 0.717) is 25.7 Å². The van der Waals surface area contributed by atoms with Crippen LogP contribution in [-0.4, -0.2) is 29.9 Å². The molecule has 5 heteroatoms. The maximum Gasteiger partial charge on any atom is 0.267 e. The third kappa shape index (κ3) is 6.34. The van der Waals surface area contributed by atoms with Crippen molar-refractivity contribution in [1.29, 1.82) is 0 Å². The molecule has 4 nitrogen and oxygen atoms in total. The van der Waals surface area contributed by atoms with Crippen molar-refractivity contribution in [2.45, 2.75) is 50.7 Å². The summed E-state index contributed by atoms with van der Waals surface area (Å²) in [7, 11) is -3.90. The van der Waals surface area contributed by atoms with Crippen LogP contribution in [0, 0.1) is 0 Å². The Morgan fingerprint density at radius 2 is 1.71 bits per heavy atom. The lowest BCUT2D eigenvalue weighted by Crippen LogP contribution is -2.20. The number of aliphatic hydroxyl groups is 1. The van der Waals surface area contributed by atoms with Gasteiger partial charge in [-0.05, 0) is 25.7 Å². The van der Waals surface area contributed by atoms with Gasteiger partial charge in [0.05, 0.1) is 5.25 Å². The minimum Gasteiger partial charge on any atom is -0.396 e. The van der Waals surface area contributed by atoms with Crippen LogP contribution in [0.2, 0.25) is 0 Å². The zero-order chi connectivity index (χ0) is 11.0. The van der Waals surface area contributed by atoms with Crippen molar-refractivity contribution in [3.05, 3.63) is 0 Å². The molecule has 0 aromatic rings. The highest BCUT2D eigenvalue weighted by Gasteiger charge is 2.21. The molecule has 0 saturated carbocycles. The maximum absolute atomic E-state index is 10.9. The fraction of sp³-hybridized carbons (Fsp3) is 1.00. The summed E-state index contributed by atoms with van der Waals surface area (Å²) in [6.45, 7) is 2.06. The molecule has 0 aromatic carbocycles. The van der Waals surface area contributed by atoms with Gasteiger partial charge in [0.15, 0.2) is 0 Å². The van der Waals surface area contributed by atoms with Crippen molar-refractivity contribution in [3.8, 4) is 0 Å². The van der Waals surface area contributed by atoms with Crippen LogP contribution in [-0.2, 0) is 10.1 Å². The summed E-state index contributed by atoms with van der Waals surface area (Å²) in [5.41, 5.74) is 0. The Morgan fingerprint density at radius 1 is 1.14 bits per heavy atom. The number of hydrogen-bond donors (Lipinski definition) is 2. The van der Waals surface area contributed by atoms with Gasteiger partial charge in [-0.15, -0.1) is 0 Å². The summed E-state index contributed by atoms with van der Waals surface area (Å²) in [5.74, 6) is 0. The highest BCUT2D eigenvalue weighted by Crippen LogP contribution is 2.15. The first-order valence-electron chi connectivity index (χ1n) is 5.09. The van der Waals surface area contributed by atoms with Crippen LogP contribution in [0.3, 0.4) is 0 Å². The Kier molecular flexibility index (Phi) is 7.13. The van der Waals surface area contributed by atoms with Crippen LogP contribution in [0.5, 0.6) is 0 Å². The molecule has 0 aliphatic rings. The molecule has 86 valence electrons. The standard InChI is InChI=1S/C9H20O4S/c1-2-3-6-9(14(11,12)13)7-4-5-8-10/h9-10H,2-8H2,1H3,(H,11,12,13). The molecule has 0 amide bonds. The topological polar surface area (TPSA) is 74.6 Å². The van der Waals surface area contributed by atoms with Crippen LogP contribution in [0.1, 0.15) is 45.4 Å². The molecular weight excluding hydrogens is 204 g/mol. The molecule has 0 heterocycles. The Morgan fingerprint density at radius 3 is 2.14 bits per heavy atom. The number of hydrogen-bond acceptors (Lipinski definition) is 3. The van der Waals surface area contributed by atoms with E-state index in [2.05, 4.69) is 0 Å². The van der Waals surface area contributed by atoms with Gasteiger partial charge in [0.25, 0.3) is 10.1 Å². The van der Waals surface area contributed by atoms with Gasteiger partial charge >= 0.3 is 0 Å². The third-order valence-corrected chi connectivity index (χ3v) is 3.55. The van der Waals surface area contributed by atoms with Gasteiger partial charge in [-0.2, -0.15) is 8.42 Å². The van der Waals surface area contributed by atoms with Gasteiger partial charge in [-0.1, -0.05) is 19.8 Å². The van der Waals surface area contributed by atoms with Crippen molar-refractivity contribution >= 4 is 10.1 Å². The fourth-order valence-corrected chi connectivity index (χ4v) is 2.29. The van der Waals surface area contributed by atoms with Gasteiger partial charge < -0.3 is 5.11 Å². The first kappa shape index (κ1) is 13.9. The molecule has 0 aliphatic heterocycles. The normalized spacial score (nSPS) is 14.2. The van der Waals surface area contributed by atoms with E-state index in [9.17, 15) is 8.42 Å². The van der Waals surface area contributed by atoms with Gasteiger partial charge in [-0.3, -0.25) is 4.55 Å². The highest BCUT2D eigenvalue weighted by atomic mass is 32.2. The average molecular weight is 224 g/mol. The largest absolute Gasteiger partial charge is 0.396 e. The van der Waals surface area contributed by atoms with Crippen molar-refractivity contribution in [3.63, 3.8) is 0 Å². The van der Waals surface area contributed by atoms with E-state index in [-0.39, 0.29) is 6.61 Å². The quantitative estimate of drug-likeness (QED) is 0.485. The van der Waals surface area contributed by atoms with E-state index in [4.69, 9.17) is 9.66 Å². The number of aliphatic hydroxyl groups excluding tert-OH is 1. The lowest BCUT2D eigenvalue weighted by molar-refractivity contribution is 0.282. The van der Waals surface area contributed by atoms with Crippen LogP contribution < -0.4 is 0 Å². The molecule has 0 radical (unpaired) electrons. The summed E-state index contributed by atoms with van der Waals surface area (Å²) < 4.78 is 30.8. The van der Waals surface area contributed by atoms with Crippen LogP contribution >= 0.6 is 0 Å². The van der Waals surface area contributed by atoms with Gasteiger partial charge in [0, 0.05) is 6.61 Å². The molecule has 1 atom stereocenters. The predicted octanol–water partition coefficient (Wildman–Crippen LogP) is 1.60. The minimum atomic E-state index is -3.90. The van der Waals surface area contributed by atoms with E-state index >= 15 is 0 Å².